The summed E-state index contributed by atoms with van der Waals surface area (Å²) in [6, 6.07) is 5.53. The average molecular weight is 314 g/mol. The number of hydrogen-bond acceptors (Lipinski definition) is 3. The molecule has 1 amide bonds. The van der Waals surface area contributed by atoms with E-state index in [4.69, 9.17) is 9.94 Å². The van der Waals surface area contributed by atoms with E-state index >= 15 is 0 Å². The molecule has 0 aromatic heterocycles. The number of rotatable bonds is 6. The monoisotopic (exact) mass is 313 g/mol. The fourth-order valence-electron chi connectivity index (χ4n) is 1.27. The minimum atomic E-state index is -0.561. The van der Waals surface area contributed by atoms with E-state index in [2.05, 4.69) is 22.9 Å². The normalized spacial score (nSPS) is 10.6. The zero-order chi connectivity index (χ0) is 13.4. The minimum absolute atomic E-state index is 0.561. The summed E-state index contributed by atoms with van der Waals surface area (Å²) >= 11 is 3.41. The standard InChI is InChI=1S/C13H16BrNO3/c1-2-3-8-18-12-6-4-10(9-11(12)14)5-7-13(16)15-17/h4-7,9,17H,2-3,8H2,1H3,(H,15,16). The second-order valence-electron chi connectivity index (χ2n) is 3.70. The van der Waals surface area contributed by atoms with Gasteiger partial charge in [-0.3, -0.25) is 10.0 Å². The van der Waals surface area contributed by atoms with Crippen molar-refractivity contribution in [3.63, 3.8) is 0 Å². The first-order valence-electron chi connectivity index (χ1n) is 5.72. The Morgan fingerprint density at radius 2 is 2.33 bits per heavy atom. The molecule has 0 bridgehead atoms. The van der Waals surface area contributed by atoms with Crippen molar-refractivity contribution in [1.82, 2.24) is 5.48 Å². The van der Waals surface area contributed by atoms with Crippen LogP contribution in [0.15, 0.2) is 28.7 Å². The Kier molecular flexibility index (Phi) is 6.46. The summed E-state index contributed by atoms with van der Waals surface area (Å²) in [6.07, 6.45) is 4.96. The Hall–Kier alpha value is -1.33. The number of ether oxygens (including phenoxy) is 1. The highest BCUT2D eigenvalue weighted by atomic mass is 79.9. The predicted molar refractivity (Wildman–Crippen MR) is 73.5 cm³/mol. The average Bonchev–Trinajstić information content (AvgIpc) is 2.38. The Morgan fingerprint density at radius 1 is 1.56 bits per heavy atom. The molecule has 0 radical (unpaired) electrons. The second-order valence-corrected chi connectivity index (χ2v) is 4.56. The highest BCUT2D eigenvalue weighted by molar-refractivity contribution is 9.10. The summed E-state index contributed by atoms with van der Waals surface area (Å²) in [7, 11) is 0. The number of halogens is 1. The fraction of sp³-hybridized carbons (Fsp3) is 0.308. The van der Waals surface area contributed by atoms with Gasteiger partial charge in [0.15, 0.2) is 0 Å². The fourth-order valence-corrected chi connectivity index (χ4v) is 1.78. The SMILES string of the molecule is CCCCOc1ccc(C=CC(=O)NO)cc1Br. The van der Waals surface area contributed by atoms with E-state index in [9.17, 15) is 4.79 Å². The van der Waals surface area contributed by atoms with Crippen LogP contribution in [0.1, 0.15) is 25.3 Å². The van der Waals surface area contributed by atoms with Crippen molar-refractivity contribution in [2.45, 2.75) is 19.8 Å². The van der Waals surface area contributed by atoms with Crippen molar-refractivity contribution < 1.29 is 14.7 Å². The van der Waals surface area contributed by atoms with Gasteiger partial charge in [0.05, 0.1) is 11.1 Å². The maximum Gasteiger partial charge on any atom is 0.267 e. The van der Waals surface area contributed by atoms with E-state index in [1.165, 1.54) is 11.6 Å². The lowest BCUT2D eigenvalue weighted by molar-refractivity contribution is -0.124. The molecule has 0 saturated carbocycles. The van der Waals surface area contributed by atoms with E-state index < -0.39 is 5.91 Å². The second kappa shape index (κ2) is 7.89. The van der Waals surface area contributed by atoms with Crippen molar-refractivity contribution in [3.05, 3.63) is 34.3 Å². The zero-order valence-corrected chi connectivity index (χ0v) is 11.7. The molecule has 5 heteroatoms. The first-order chi connectivity index (χ1) is 8.67. The third-order valence-corrected chi connectivity index (χ3v) is 2.87. The van der Waals surface area contributed by atoms with Gasteiger partial charge >= 0.3 is 0 Å². The molecular formula is C13H16BrNO3. The number of nitrogens with one attached hydrogen (secondary N) is 1. The van der Waals surface area contributed by atoms with E-state index in [1.807, 2.05) is 18.2 Å². The van der Waals surface area contributed by atoms with Crippen molar-refractivity contribution in [1.29, 1.82) is 0 Å². The topological polar surface area (TPSA) is 58.6 Å². The molecule has 0 aliphatic rings. The Labute approximate surface area is 115 Å². The van der Waals surface area contributed by atoms with Crippen LogP contribution in [0.3, 0.4) is 0 Å². The van der Waals surface area contributed by atoms with Gasteiger partial charge in [-0.25, -0.2) is 5.48 Å². The summed E-state index contributed by atoms with van der Waals surface area (Å²) in [4.78, 5) is 10.8. The van der Waals surface area contributed by atoms with Gasteiger partial charge in [-0.05, 0) is 46.1 Å². The number of amides is 1. The van der Waals surface area contributed by atoms with Crippen LogP contribution < -0.4 is 10.2 Å². The molecular weight excluding hydrogens is 298 g/mol. The smallest absolute Gasteiger partial charge is 0.267 e. The molecule has 2 N–H and O–H groups in total. The third kappa shape index (κ3) is 4.89. The molecule has 0 saturated heterocycles. The molecule has 18 heavy (non-hydrogen) atoms. The molecule has 0 heterocycles. The Balaban J connectivity index is 2.67. The van der Waals surface area contributed by atoms with E-state index in [1.54, 1.807) is 6.08 Å². The lowest BCUT2D eigenvalue weighted by Crippen LogP contribution is -2.14. The summed E-state index contributed by atoms with van der Waals surface area (Å²) < 4.78 is 6.43. The quantitative estimate of drug-likeness (QED) is 0.367. The highest BCUT2D eigenvalue weighted by Gasteiger charge is 2.01. The molecule has 1 aromatic rings. The number of benzene rings is 1. The van der Waals surface area contributed by atoms with Gasteiger partial charge in [-0.2, -0.15) is 0 Å². The summed E-state index contributed by atoms with van der Waals surface area (Å²) in [5, 5.41) is 8.35. The van der Waals surface area contributed by atoms with Gasteiger partial charge in [-0.15, -0.1) is 0 Å². The van der Waals surface area contributed by atoms with Crippen LogP contribution in [0, 0.1) is 0 Å². The van der Waals surface area contributed by atoms with Crippen molar-refractivity contribution in [3.8, 4) is 5.75 Å². The molecule has 4 nitrogen and oxygen atoms in total. The van der Waals surface area contributed by atoms with Gasteiger partial charge in [0.2, 0.25) is 0 Å². The van der Waals surface area contributed by atoms with E-state index in [0.29, 0.717) is 6.61 Å². The molecule has 1 rings (SSSR count). The zero-order valence-electron chi connectivity index (χ0n) is 10.1. The molecule has 0 atom stereocenters. The van der Waals surface area contributed by atoms with Crippen molar-refractivity contribution in [2.75, 3.05) is 6.61 Å². The van der Waals surface area contributed by atoms with Crippen LogP contribution in [0.5, 0.6) is 5.75 Å². The molecule has 0 spiro atoms. The number of hydroxylamine groups is 1. The molecule has 98 valence electrons. The Bertz CT molecular complexity index is 432. The summed E-state index contributed by atoms with van der Waals surface area (Å²) in [5.74, 6) is 0.224. The van der Waals surface area contributed by atoms with Gasteiger partial charge in [0.25, 0.3) is 5.91 Å². The lowest BCUT2D eigenvalue weighted by atomic mass is 10.2. The number of carbonyl (C=O) groups excluding carboxylic acids is 1. The van der Waals surface area contributed by atoms with Crippen LogP contribution in [-0.2, 0) is 4.79 Å². The molecule has 0 fully saturated rings. The van der Waals surface area contributed by atoms with Gasteiger partial charge in [-0.1, -0.05) is 19.4 Å². The van der Waals surface area contributed by atoms with Gasteiger partial charge in [0.1, 0.15) is 5.75 Å². The Morgan fingerprint density at radius 3 is 2.94 bits per heavy atom. The first kappa shape index (κ1) is 14.7. The van der Waals surface area contributed by atoms with Crippen molar-refractivity contribution in [2.24, 2.45) is 0 Å². The van der Waals surface area contributed by atoms with Crippen LogP contribution in [0.4, 0.5) is 0 Å². The van der Waals surface area contributed by atoms with Gasteiger partial charge < -0.3 is 4.74 Å². The maximum absolute atomic E-state index is 10.8. The first-order valence-corrected chi connectivity index (χ1v) is 6.51. The molecule has 1 aromatic carbocycles. The molecule has 0 aliphatic heterocycles. The summed E-state index contributed by atoms with van der Waals surface area (Å²) in [6.45, 7) is 2.80. The van der Waals surface area contributed by atoms with Crippen LogP contribution in [0.2, 0.25) is 0 Å². The predicted octanol–water partition coefficient (Wildman–Crippen LogP) is 3.15. The van der Waals surface area contributed by atoms with Crippen LogP contribution in [-0.4, -0.2) is 17.7 Å². The third-order valence-electron chi connectivity index (χ3n) is 2.25. The molecule has 0 aliphatic carbocycles. The van der Waals surface area contributed by atoms with Crippen molar-refractivity contribution >= 4 is 27.9 Å². The minimum Gasteiger partial charge on any atom is -0.492 e. The van der Waals surface area contributed by atoms with Crippen LogP contribution in [0.25, 0.3) is 6.08 Å². The van der Waals surface area contributed by atoms with E-state index in [0.717, 1.165) is 28.6 Å². The summed E-state index contributed by atoms with van der Waals surface area (Å²) in [5.41, 5.74) is 2.37. The molecule has 0 unspecified atom stereocenters. The lowest BCUT2D eigenvalue weighted by Gasteiger charge is -2.07. The van der Waals surface area contributed by atoms with Gasteiger partial charge in [0, 0.05) is 6.08 Å². The number of carbonyl (C=O) groups is 1. The largest absolute Gasteiger partial charge is 0.492 e. The van der Waals surface area contributed by atoms with Crippen LogP contribution >= 0.6 is 15.9 Å². The highest BCUT2D eigenvalue weighted by Crippen LogP contribution is 2.26. The maximum atomic E-state index is 10.8. The number of unbranched alkanes of at least 4 members (excludes halogenated alkanes) is 1. The van der Waals surface area contributed by atoms with E-state index in [-0.39, 0.29) is 0 Å². The number of hydrogen-bond donors (Lipinski definition) is 2.